The zero-order valence-corrected chi connectivity index (χ0v) is 16.7. The Labute approximate surface area is 166 Å². The summed E-state index contributed by atoms with van der Waals surface area (Å²) in [5, 5.41) is 12.1. The lowest BCUT2D eigenvalue weighted by Gasteiger charge is -2.48. The largest absolute Gasteiger partial charge is 0.307 e. The van der Waals surface area contributed by atoms with Crippen molar-refractivity contribution in [2.45, 2.75) is 45.2 Å². The SMILES string of the molecule is CCN1C(=O)c2ccccc2N2C(=O)CCC12C(=O)Nc1nnc(C(C)C)s1. The summed E-state index contributed by atoms with van der Waals surface area (Å²) in [7, 11) is 0. The van der Waals surface area contributed by atoms with Crippen LogP contribution in [0, 0.1) is 0 Å². The summed E-state index contributed by atoms with van der Waals surface area (Å²) in [6.45, 7) is 6.11. The molecular weight excluding hydrogens is 378 g/mol. The van der Waals surface area contributed by atoms with E-state index in [1.165, 1.54) is 21.1 Å². The van der Waals surface area contributed by atoms with Crippen molar-refractivity contribution in [1.82, 2.24) is 15.1 Å². The van der Waals surface area contributed by atoms with E-state index in [9.17, 15) is 14.4 Å². The fraction of sp³-hybridized carbons (Fsp3) is 0.421. The van der Waals surface area contributed by atoms with E-state index in [0.29, 0.717) is 22.9 Å². The highest BCUT2D eigenvalue weighted by molar-refractivity contribution is 7.15. The van der Waals surface area contributed by atoms with E-state index in [-0.39, 0.29) is 30.6 Å². The molecule has 0 aliphatic carbocycles. The molecule has 3 amide bonds. The van der Waals surface area contributed by atoms with Gasteiger partial charge in [0.05, 0.1) is 11.3 Å². The summed E-state index contributed by atoms with van der Waals surface area (Å²) in [6.07, 6.45) is 0.431. The Kier molecular flexibility index (Phi) is 4.41. The Bertz CT molecular complexity index is 972. The molecule has 1 saturated heterocycles. The number of nitrogens with zero attached hydrogens (tertiary/aromatic N) is 4. The summed E-state index contributed by atoms with van der Waals surface area (Å²) in [4.78, 5) is 42.3. The maximum Gasteiger partial charge on any atom is 0.273 e. The summed E-state index contributed by atoms with van der Waals surface area (Å²) in [5.74, 6) is -0.663. The molecule has 28 heavy (non-hydrogen) atoms. The minimum atomic E-state index is -1.39. The Morgan fingerprint density at radius 2 is 2.04 bits per heavy atom. The molecule has 9 heteroatoms. The first-order valence-electron chi connectivity index (χ1n) is 9.29. The van der Waals surface area contributed by atoms with Crippen LogP contribution in [0.3, 0.4) is 0 Å². The number of hydrogen-bond donors (Lipinski definition) is 1. The summed E-state index contributed by atoms with van der Waals surface area (Å²) >= 11 is 1.30. The number of carbonyl (C=O) groups is 3. The Hall–Kier alpha value is -2.81. The first-order valence-corrected chi connectivity index (χ1v) is 10.1. The molecule has 1 aromatic carbocycles. The van der Waals surface area contributed by atoms with Gasteiger partial charge in [0.15, 0.2) is 0 Å². The molecule has 146 valence electrons. The van der Waals surface area contributed by atoms with Crippen molar-refractivity contribution in [2.24, 2.45) is 0 Å². The minimum absolute atomic E-state index is 0.173. The summed E-state index contributed by atoms with van der Waals surface area (Å²) < 4.78 is 0. The second-order valence-corrected chi connectivity index (χ2v) is 8.18. The molecule has 8 nitrogen and oxygen atoms in total. The number of hydrogen-bond acceptors (Lipinski definition) is 6. The lowest BCUT2D eigenvalue weighted by molar-refractivity contribution is -0.128. The van der Waals surface area contributed by atoms with Gasteiger partial charge in [-0.15, -0.1) is 10.2 Å². The molecule has 1 fully saturated rings. The smallest absolute Gasteiger partial charge is 0.273 e. The lowest BCUT2D eigenvalue weighted by Crippen LogP contribution is -2.69. The van der Waals surface area contributed by atoms with Crippen LogP contribution in [0.4, 0.5) is 10.8 Å². The quantitative estimate of drug-likeness (QED) is 0.853. The molecule has 2 aromatic rings. The molecular formula is C19H21N5O3S. The third kappa shape index (κ3) is 2.53. The van der Waals surface area contributed by atoms with Crippen molar-refractivity contribution in [3.63, 3.8) is 0 Å². The fourth-order valence-electron chi connectivity index (χ4n) is 3.92. The van der Waals surface area contributed by atoms with Crippen LogP contribution in [0.1, 0.15) is 54.9 Å². The number of carbonyl (C=O) groups excluding carboxylic acids is 3. The lowest BCUT2D eigenvalue weighted by atomic mass is 9.95. The van der Waals surface area contributed by atoms with Crippen molar-refractivity contribution in [3.8, 4) is 0 Å². The average Bonchev–Trinajstić information content (AvgIpc) is 3.28. The Balaban J connectivity index is 1.78. The number of para-hydroxylation sites is 1. The van der Waals surface area contributed by atoms with Crippen molar-refractivity contribution in [1.29, 1.82) is 0 Å². The average molecular weight is 399 g/mol. The zero-order chi connectivity index (χ0) is 20.1. The van der Waals surface area contributed by atoms with Crippen molar-refractivity contribution in [3.05, 3.63) is 34.8 Å². The van der Waals surface area contributed by atoms with Crippen molar-refractivity contribution < 1.29 is 14.4 Å². The molecule has 1 unspecified atom stereocenters. The fourth-order valence-corrected chi connectivity index (χ4v) is 4.66. The molecule has 0 radical (unpaired) electrons. The Morgan fingerprint density at radius 1 is 1.29 bits per heavy atom. The maximum atomic E-state index is 13.5. The van der Waals surface area contributed by atoms with Gasteiger partial charge >= 0.3 is 0 Å². The molecule has 0 spiro atoms. The Morgan fingerprint density at radius 3 is 2.71 bits per heavy atom. The van der Waals surface area contributed by atoms with Crippen molar-refractivity contribution in [2.75, 3.05) is 16.8 Å². The third-order valence-electron chi connectivity index (χ3n) is 5.21. The van der Waals surface area contributed by atoms with Gasteiger partial charge in [0, 0.05) is 25.3 Å². The number of rotatable bonds is 4. The van der Waals surface area contributed by atoms with Gasteiger partial charge in [-0.05, 0) is 19.1 Å². The predicted molar refractivity (Wildman–Crippen MR) is 105 cm³/mol. The molecule has 4 rings (SSSR count). The first kappa shape index (κ1) is 18.5. The van der Waals surface area contributed by atoms with Gasteiger partial charge in [-0.1, -0.05) is 37.3 Å². The van der Waals surface area contributed by atoms with Crippen LogP contribution in [0.25, 0.3) is 0 Å². The number of fused-ring (bicyclic) bond motifs is 3. The van der Waals surface area contributed by atoms with E-state index >= 15 is 0 Å². The topological polar surface area (TPSA) is 95.5 Å². The highest BCUT2D eigenvalue weighted by Crippen LogP contribution is 2.45. The number of anilines is 2. The van der Waals surface area contributed by atoms with Crippen LogP contribution < -0.4 is 10.2 Å². The monoisotopic (exact) mass is 399 g/mol. The molecule has 3 heterocycles. The second-order valence-electron chi connectivity index (χ2n) is 7.17. The summed E-state index contributed by atoms with van der Waals surface area (Å²) in [5.41, 5.74) is -0.475. The van der Waals surface area contributed by atoms with E-state index < -0.39 is 11.6 Å². The molecule has 0 saturated carbocycles. The predicted octanol–water partition coefficient (Wildman–Crippen LogP) is 2.60. The molecule has 1 atom stereocenters. The van der Waals surface area contributed by atoms with Gasteiger partial charge in [-0.25, -0.2) is 0 Å². The van der Waals surface area contributed by atoms with Gasteiger partial charge < -0.3 is 4.90 Å². The number of benzene rings is 1. The number of likely N-dealkylation sites (N-methyl/N-ethyl adjacent to an activating group) is 1. The first-order chi connectivity index (χ1) is 13.4. The molecule has 1 N–H and O–H groups in total. The third-order valence-corrected chi connectivity index (χ3v) is 6.35. The van der Waals surface area contributed by atoms with Gasteiger partial charge in [0.2, 0.25) is 16.7 Å². The molecule has 1 aromatic heterocycles. The summed E-state index contributed by atoms with van der Waals surface area (Å²) in [6, 6.07) is 6.93. The number of nitrogens with one attached hydrogen (secondary N) is 1. The van der Waals surface area contributed by atoms with E-state index in [1.807, 2.05) is 20.8 Å². The maximum absolute atomic E-state index is 13.5. The van der Waals surface area contributed by atoms with Crippen LogP contribution in [0.5, 0.6) is 0 Å². The van der Waals surface area contributed by atoms with E-state index in [1.54, 1.807) is 24.3 Å². The second kappa shape index (κ2) is 6.66. The van der Waals surface area contributed by atoms with Crippen LogP contribution in [0.2, 0.25) is 0 Å². The van der Waals surface area contributed by atoms with E-state index in [4.69, 9.17) is 0 Å². The van der Waals surface area contributed by atoms with Gasteiger partial charge in [-0.3, -0.25) is 24.6 Å². The number of aromatic nitrogens is 2. The molecule has 2 aliphatic rings. The van der Waals surface area contributed by atoms with Crippen LogP contribution >= 0.6 is 11.3 Å². The highest BCUT2D eigenvalue weighted by Gasteiger charge is 2.60. The standard InChI is InChI=1S/C19H21N5O3S/c1-4-23-16(26)12-7-5-6-8-13(12)24-14(25)9-10-19(23,24)17(27)20-18-22-21-15(28-18)11(2)3/h5-8,11H,4,9-10H2,1-3H3,(H,20,22,27). The van der Waals surface area contributed by atoms with Gasteiger partial charge in [-0.2, -0.15) is 0 Å². The van der Waals surface area contributed by atoms with Crippen LogP contribution in [-0.4, -0.2) is 45.0 Å². The van der Waals surface area contributed by atoms with Gasteiger partial charge in [0.25, 0.3) is 11.8 Å². The number of amides is 3. The van der Waals surface area contributed by atoms with E-state index in [2.05, 4.69) is 15.5 Å². The van der Waals surface area contributed by atoms with E-state index in [0.717, 1.165) is 5.01 Å². The zero-order valence-electron chi connectivity index (χ0n) is 15.9. The highest BCUT2D eigenvalue weighted by atomic mass is 32.1. The van der Waals surface area contributed by atoms with Crippen molar-refractivity contribution >= 4 is 39.9 Å². The van der Waals surface area contributed by atoms with Crippen LogP contribution in [0.15, 0.2) is 24.3 Å². The molecule has 0 bridgehead atoms. The normalized spacial score (nSPS) is 21.1. The molecule has 2 aliphatic heterocycles. The van der Waals surface area contributed by atoms with Crippen LogP contribution in [-0.2, 0) is 9.59 Å². The van der Waals surface area contributed by atoms with Gasteiger partial charge in [0.1, 0.15) is 5.01 Å². The minimum Gasteiger partial charge on any atom is -0.307 e.